The fraction of sp³-hybridized carbons (Fsp3) is 0. The zero-order valence-corrected chi connectivity index (χ0v) is 12.5. The molecule has 0 saturated heterocycles. The highest BCUT2D eigenvalue weighted by Crippen LogP contribution is 2.23. The third-order valence-corrected chi connectivity index (χ3v) is 3.51. The summed E-state index contributed by atoms with van der Waals surface area (Å²) >= 11 is 11.1. The van der Waals surface area contributed by atoms with Crippen molar-refractivity contribution in [3.63, 3.8) is 0 Å². The summed E-state index contributed by atoms with van der Waals surface area (Å²) in [5.41, 5.74) is 0.996. The van der Waals surface area contributed by atoms with Gasteiger partial charge in [0.2, 0.25) is 0 Å². The van der Waals surface area contributed by atoms with Crippen molar-refractivity contribution >= 4 is 29.8 Å². The van der Waals surface area contributed by atoms with Crippen LogP contribution in [0.2, 0.25) is 5.02 Å². The summed E-state index contributed by atoms with van der Waals surface area (Å²) in [7, 11) is 0. The number of H-pyrrole nitrogens is 1. The van der Waals surface area contributed by atoms with Crippen molar-refractivity contribution < 1.29 is 9.90 Å². The molecule has 22 heavy (non-hydrogen) atoms. The van der Waals surface area contributed by atoms with Crippen molar-refractivity contribution in [2.45, 2.75) is 0 Å². The predicted molar refractivity (Wildman–Crippen MR) is 81.7 cm³/mol. The number of carboxylic acid groups (broad SMARTS) is 1. The van der Waals surface area contributed by atoms with Gasteiger partial charge in [-0.2, -0.15) is 5.10 Å². The second-order valence-electron chi connectivity index (χ2n) is 4.25. The van der Waals surface area contributed by atoms with E-state index in [9.17, 15) is 9.90 Å². The van der Waals surface area contributed by atoms with Gasteiger partial charge < -0.3 is 5.11 Å². The molecule has 9 heteroatoms. The minimum absolute atomic E-state index is 0.0210. The van der Waals surface area contributed by atoms with Crippen molar-refractivity contribution in [2.24, 2.45) is 0 Å². The lowest BCUT2D eigenvalue weighted by Crippen LogP contribution is -2.03. The molecule has 0 bridgehead atoms. The van der Waals surface area contributed by atoms with E-state index in [4.69, 9.17) is 23.8 Å². The van der Waals surface area contributed by atoms with E-state index in [0.717, 1.165) is 0 Å². The van der Waals surface area contributed by atoms with E-state index >= 15 is 0 Å². The zero-order valence-electron chi connectivity index (χ0n) is 10.9. The third-order valence-electron chi connectivity index (χ3n) is 2.90. The average molecular weight is 334 g/mol. The van der Waals surface area contributed by atoms with Gasteiger partial charge in [-0.15, -0.1) is 0 Å². The van der Waals surface area contributed by atoms with Crippen molar-refractivity contribution in [3.8, 4) is 17.2 Å². The molecule has 0 spiro atoms. The normalized spacial score (nSPS) is 10.6. The standard InChI is InChI=1S/C13H8ClN5O2S/c14-9-2-1-7(5-8(9)12(20)21)19-11(17-18-13(19)22)10-6-15-3-4-16-10/h1-6H,(H,18,22)(H,20,21). The summed E-state index contributed by atoms with van der Waals surface area (Å²) in [5, 5.41) is 16.1. The Hall–Kier alpha value is -2.58. The fourth-order valence-electron chi connectivity index (χ4n) is 1.94. The highest BCUT2D eigenvalue weighted by Gasteiger charge is 2.15. The maximum Gasteiger partial charge on any atom is 0.337 e. The van der Waals surface area contributed by atoms with E-state index in [1.165, 1.54) is 24.5 Å². The lowest BCUT2D eigenvalue weighted by molar-refractivity contribution is 0.0697. The maximum absolute atomic E-state index is 11.2. The minimum Gasteiger partial charge on any atom is -0.478 e. The van der Waals surface area contributed by atoms with Crippen LogP contribution in [0.15, 0.2) is 36.8 Å². The molecule has 0 aliphatic heterocycles. The van der Waals surface area contributed by atoms with Gasteiger partial charge in [0.1, 0.15) is 5.69 Å². The summed E-state index contributed by atoms with van der Waals surface area (Å²) in [5.74, 6) is -0.695. The summed E-state index contributed by atoms with van der Waals surface area (Å²) in [6.45, 7) is 0. The first-order chi connectivity index (χ1) is 10.6. The number of benzene rings is 1. The van der Waals surface area contributed by atoms with Crippen molar-refractivity contribution in [1.29, 1.82) is 0 Å². The molecule has 0 amide bonds. The summed E-state index contributed by atoms with van der Waals surface area (Å²) < 4.78 is 1.88. The Bertz CT molecular complexity index is 906. The molecule has 2 heterocycles. The highest BCUT2D eigenvalue weighted by molar-refractivity contribution is 7.71. The molecular formula is C13H8ClN5O2S. The van der Waals surface area contributed by atoms with E-state index in [1.807, 2.05) is 0 Å². The largest absolute Gasteiger partial charge is 0.478 e. The Balaban J connectivity index is 2.22. The molecule has 3 aromatic rings. The molecule has 2 N–H and O–H groups in total. The van der Waals surface area contributed by atoms with Crippen LogP contribution < -0.4 is 0 Å². The monoisotopic (exact) mass is 333 g/mol. The van der Waals surface area contributed by atoms with Gasteiger partial charge in [0.05, 0.1) is 22.5 Å². The Morgan fingerprint density at radius 2 is 2.18 bits per heavy atom. The molecule has 110 valence electrons. The van der Waals surface area contributed by atoms with Crippen LogP contribution in [0.4, 0.5) is 0 Å². The number of hydrogen-bond acceptors (Lipinski definition) is 5. The molecule has 2 aromatic heterocycles. The van der Waals surface area contributed by atoms with E-state index in [-0.39, 0.29) is 10.6 Å². The molecule has 0 unspecified atom stereocenters. The molecule has 0 aliphatic carbocycles. The number of carbonyl (C=O) groups is 1. The van der Waals surface area contributed by atoms with E-state index in [0.29, 0.717) is 22.0 Å². The van der Waals surface area contributed by atoms with E-state index in [2.05, 4.69) is 20.2 Å². The quantitative estimate of drug-likeness (QED) is 0.715. The summed E-state index contributed by atoms with van der Waals surface area (Å²) in [6.07, 6.45) is 4.61. The molecule has 1 aromatic carbocycles. The van der Waals surface area contributed by atoms with Crippen LogP contribution in [0.5, 0.6) is 0 Å². The van der Waals surface area contributed by atoms with Crippen LogP contribution in [0.1, 0.15) is 10.4 Å². The van der Waals surface area contributed by atoms with Gasteiger partial charge in [0, 0.05) is 12.4 Å². The number of halogens is 1. The van der Waals surface area contributed by atoms with Crippen molar-refractivity contribution in [2.75, 3.05) is 0 Å². The molecule has 3 rings (SSSR count). The maximum atomic E-state index is 11.2. The molecule has 7 nitrogen and oxygen atoms in total. The number of nitrogens with one attached hydrogen (secondary N) is 1. The van der Waals surface area contributed by atoms with E-state index < -0.39 is 5.97 Å². The average Bonchev–Trinajstić information content (AvgIpc) is 2.90. The van der Waals surface area contributed by atoms with Gasteiger partial charge in [-0.1, -0.05) is 11.6 Å². The van der Waals surface area contributed by atoms with Crippen LogP contribution in [-0.2, 0) is 0 Å². The van der Waals surface area contributed by atoms with Gasteiger partial charge in [-0.25, -0.2) is 9.78 Å². The zero-order chi connectivity index (χ0) is 15.7. The van der Waals surface area contributed by atoms with Gasteiger partial charge in [0.15, 0.2) is 10.6 Å². The van der Waals surface area contributed by atoms with Crippen molar-refractivity contribution in [1.82, 2.24) is 24.7 Å². The highest BCUT2D eigenvalue weighted by atomic mass is 35.5. The second kappa shape index (κ2) is 5.66. The summed E-state index contributed by atoms with van der Waals surface area (Å²) in [6, 6.07) is 4.57. The molecule has 0 atom stereocenters. The fourth-order valence-corrected chi connectivity index (χ4v) is 2.38. The Labute approximate surface area is 134 Å². The second-order valence-corrected chi connectivity index (χ2v) is 5.04. The number of aromatic carboxylic acids is 1. The Kier molecular flexibility index (Phi) is 3.70. The molecule has 0 radical (unpaired) electrons. The lowest BCUT2D eigenvalue weighted by atomic mass is 10.2. The number of hydrogen-bond donors (Lipinski definition) is 2. The smallest absolute Gasteiger partial charge is 0.337 e. The van der Waals surface area contributed by atoms with Crippen LogP contribution >= 0.6 is 23.8 Å². The van der Waals surface area contributed by atoms with Crippen LogP contribution in [0.3, 0.4) is 0 Å². The minimum atomic E-state index is -1.12. The van der Waals surface area contributed by atoms with Crippen LogP contribution in [-0.4, -0.2) is 35.8 Å². The van der Waals surface area contributed by atoms with E-state index in [1.54, 1.807) is 16.8 Å². The Morgan fingerprint density at radius 3 is 2.86 bits per heavy atom. The predicted octanol–water partition coefficient (Wildman–Crippen LogP) is 2.74. The molecular weight excluding hydrogens is 326 g/mol. The van der Waals surface area contributed by atoms with Crippen molar-refractivity contribution in [3.05, 3.63) is 52.1 Å². The van der Waals surface area contributed by atoms with Gasteiger partial charge in [0.25, 0.3) is 0 Å². The molecule has 0 saturated carbocycles. The van der Waals surface area contributed by atoms with Gasteiger partial charge >= 0.3 is 5.97 Å². The first-order valence-electron chi connectivity index (χ1n) is 6.05. The lowest BCUT2D eigenvalue weighted by Gasteiger charge is -2.08. The van der Waals surface area contributed by atoms with Crippen LogP contribution in [0.25, 0.3) is 17.2 Å². The number of carboxylic acids is 1. The van der Waals surface area contributed by atoms with Gasteiger partial charge in [-0.3, -0.25) is 14.6 Å². The first-order valence-corrected chi connectivity index (χ1v) is 6.83. The number of aromatic amines is 1. The topological polar surface area (TPSA) is 96.7 Å². The van der Waals surface area contributed by atoms with Crippen LogP contribution in [0, 0.1) is 4.77 Å². The third kappa shape index (κ3) is 2.49. The number of nitrogens with zero attached hydrogens (tertiary/aromatic N) is 4. The Morgan fingerprint density at radius 1 is 1.36 bits per heavy atom. The SMILES string of the molecule is O=C(O)c1cc(-n2c(-c3cnccn3)n[nH]c2=S)ccc1Cl. The molecule has 0 fully saturated rings. The van der Waals surface area contributed by atoms with Gasteiger partial charge in [-0.05, 0) is 30.4 Å². The molecule has 0 aliphatic rings. The first kappa shape index (κ1) is 14.4. The number of aromatic nitrogens is 5. The number of rotatable bonds is 3. The summed E-state index contributed by atoms with van der Waals surface area (Å²) in [4.78, 5) is 19.4.